The maximum atomic E-state index is 5.41. The molecule has 0 N–H and O–H groups in total. The zero-order valence-electron chi connectivity index (χ0n) is 59.7. The Labute approximate surface area is 635 Å². The summed E-state index contributed by atoms with van der Waals surface area (Å²) in [7, 11) is 0. The van der Waals surface area contributed by atoms with Gasteiger partial charge in [-0.2, -0.15) is 0 Å². The molecule has 0 fully saturated rings. The predicted octanol–water partition coefficient (Wildman–Crippen LogP) is 27.6. The third-order valence-electron chi connectivity index (χ3n) is 22.1. The predicted molar refractivity (Wildman–Crippen MR) is 452 cm³/mol. The van der Waals surface area contributed by atoms with Gasteiger partial charge in [-0.15, -0.1) is 0 Å². The van der Waals surface area contributed by atoms with E-state index in [0.717, 1.165) is 83.5 Å². The third kappa shape index (κ3) is 11.9. The minimum atomic E-state index is -0.417. The van der Waals surface area contributed by atoms with E-state index in [4.69, 9.17) is 15.0 Å². The highest BCUT2D eigenvalue weighted by Crippen LogP contribution is 2.63. The molecule has 0 amide bonds. The average Bonchev–Trinajstić information content (AvgIpc) is 1.51. The Hall–Kier alpha value is -14.3. The molecular formula is C106H69N3. The molecule has 1 spiro atoms. The minimum absolute atomic E-state index is 0.417. The lowest BCUT2D eigenvalue weighted by Gasteiger charge is -2.30. The zero-order valence-corrected chi connectivity index (χ0v) is 59.7. The molecule has 0 bridgehead atoms. The summed E-state index contributed by atoms with van der Waals surface area (Å²) in [5.41, 5.74) is 38.1. The molecule has 0 saturated carbocycles. The number of hydrogen-bond acceptors (Lipinski definition) is 3. The van der Waals surface area contributed by atoms with Crippen LogP contribution in [0.3, 0.4) is 0 Å². The van der Waals surface area contributed by atoms with Gasteiger partial charge >= 0.3 is 0 Å². The smallest absolute Gasteiger partial charge is 0.164 e. The topological polar surface area (TPSA) is 38.7 Å². The number of nitrogens with zero attached hydrogens (tertiary/aromatic N) is 3. The fraction of sp³-hybridized carbons (Fsp3) is 0.00943. The van der Waals surface area contributed by atoms with Crippen molar-refractivity contribution < 1.29 is 0 Å². The van der Waals surface area contributed by atoms with Gasteiger partial charge in [-0.25, -0.2) is 15.0 Å². The maximum Gasteiger partial charge on any atom is 0.164 e. The zero-order chi connectivity index (χ0) is 72.2. The fourth-order valence-corrected chi connectivity index (χ4v) is 16.8. The maximum absolute atomic E-state index is 5.41. The quantitative estimate of drug-likeness (QED) is 0.109. The number of benzene rings is 17. The lowest BCUT2D eigenvalue weighted by molar-refractivity contribution is 0.794. The van der Waals surface area contributed by atoms with Gasteiger partial charge in [-0.3, -0.25) is 0 Å². The van der Waals surface area contributed by atoms with Crippen LogP contribution < -0.4 is 0 Å². The van der Waals surface area contributed by atoms with Gasteiger partial charge in [-0.05, 0) is 234 Å². The van der Waals surface area contributed by atoms with E-state index in [9.17, 15) is 0 Å². The molecule has 0 radical (unpaired) electrons. The molecular weight excluding hydrogens is 1320 g/mol. The van der Waals surface area contributed by atoms with Crippen molar-refractivity contribution in [1.82, 2.24) is 15.0 Å². The normalized spacial score (nSPS) is 12.1. The molecule has 508 valence electrons. The Morgan fingerprint density at radius 1 is 0.119 bits per heavy atom. The molecule has 0 atom stereocenters. The molecule has 3 heteroatoms. The van der Waals surface area contributed by atoms with Crippen LogP contribution >= 0.6 is 0 Å². The Morgan fingerprint density at radius 3 is 0.596 bits per heavy atom. The molecule has 2 aliphatic rings. The van der Waals surface area contributed by atoms with Crippen molar-refractivity contribution in [2.75, 3.05) is 0 Å². The Balaban J connectivity index is 0.633. The summed E-state index contributed by atoms with van der Waals surface area (Å²) in [5, 5.41) is 0. The van der Waals surface area contributed by atoms with E-state index in [0.29, 0.717) is 17.5 Å². The Kier molecular flexibility index (Phi) is 16.1. The van der Waals surface area contributed by atoms with Crippen LogP contribution in [-0.4, -0.2) is 15.0 Å². The molecule has 18 aromatic rings. The molecule has 3 nitrogen and oxygen atoms in total. The summed E-state index contributed by atoms with van der Waals surface area (Å²) in [4.78, 5) is 16.2. The summed E-state index contributed by atoms with van der Waals surface area (Å²) in [6, 6.07) is 152. The van der Waals surface area contributed by atoms with Crippen molar-refractivity contribution in [3.63, 3.8) is 0 Å². The highest BCUT2D eigenvalue weighted by Gasteiger charge is 2.51. The van der Waals surface area contributed by atoms with Crippen molar-refractivity contribution >= 4 is 0 Å². The lowest BCUT2D eigenvalue weighted by atomic mass is 9.70. The van der Waals surface area contributed by atoms with Crippen LogP contribution in [0.15, 0.2) is 419 Å². The first-order valence-electron chi connectivity index (χ1n) is 37.4. The first-order valence-corrected chi connectivity index (χ1v) is 37.4. The van der Waals surface area contributed by atoms with E-state index in [1.807, 2.05) is 0 Å². The van der Waals surface area contributed by atoms with E-state index >= 15 is 0 Å². The number of aromatic nitrogens is 3. The Bertz CT molecular complexity index is 6480. The van der Waals surface area contributed by atoms with Gasteiger partial charge in [0.15, 0.2) is 17.5 Å². The van der Waals surface area contributed by atoms with Crippen molar-refractivity contribution in [1.29, 1.82) is 0 Å². The van der Waals surface area contributed by atoms with E-state index in [1.165, 1.54) is 100 Å². The summed E-state index contributed by atoms with van der Waals surface area (Å²) in [6.45, 7) is 0. The number of rotatable bonds is 14. The van der Waals surface area contributed by atoms with Crippen LogP contribution in [0.4, 0.5) is 0 Å². The standard InChI is InChI=1S/C106H69N3/c1-3-23-70(24-4-1)74-27-13-30-77(59-74)80-33-16-35-82(62-80)79-32-15-29-76(61-79)72-53-55-73(56-54-72)103-107-104(93-45-21-43-90(67-93)87-40-18-37-84(64-87)83-36-17-34-81(63-83)78-31-14-28-75(60-78)71-25-5-2-6-26-71)109-105(108-103)94-46-22-44-91(68-94)88-41-19-38-85(65-88)86-39-20-42-89(66-86)92-57-58-98-97-49-9-12-52-101(97)106(102(98)69-92)99-50-10-7-47-95(99)96-48-8-11-51-100(96)106/h1-69H. The van der Waals surface area contributed by atoms with Crippen LogP contribution in [0.5, 0.6) is 0 Å². The Morgan fingerprint density at radius 2 is 0.303 bits per heavy atom. The lowest BCUT2D eigenvalue weighted by Crippen LogP contribution is -2.25. The van der Waals surface area contributed by atoms with Gasteiger partial charge in [0.05, 0.1) is 5.41 Å². The highest BCUT2D eigenvalue weighted by molar-refractivity contribution is 5.97. The summed E-state index contributed by atoms with van der Waals surface area (Å²) < 4.78 is 0. The van der Waals surface area contributed by atoms with Gasteiger partial charge in [0.2, 0.25) is 0 Å². The second-order valence-corrected chi connectivity index (χ2v) is 28.6. The van der Waals surface area contributed by atoms with Crippen molar-refractivity contribution in [3.05, 3.63) is 441 Å². The number of fused-ring (bicyclic) bond motifs is 10. The van der Waals surface area contributed by atoms with Crippen LogP contribution in [0.2, 0.25) is 0 Å². The SMILES string of the molecule is c1ccc(-c2cccc(-c3cccc(-c4cccc(-c5ccc(-c6nc(-c7cccc(-c8cccc(-c9cccc(-c%10cccc(-c%11ccccc%11)c%10)c9)c8)c7)nc(-c7cccc(-c8cccc(-c9cccc(-c%10ccc%11c(c%10)C%10(c%12ccccc%12-c%12ccccc%12%10)c%10ccccc%10-%11)c9)c8)c7)n6)cc5)c4)c3)c2)cc1. The second kappa shape index (κ2) is 27.3. The molecule has 109 heavy (non-hydrogen) atoms. The van der Waals surface area contributed by atoms with E-state index in [-0.39, 0.29) is 0 Å². The van der Waals surface area contributed by atoms with E-state index < -0.39 is 5.41 Å². The molecule has 1 aromatic heterocycles. The second-order valence-electron chi connectivity index (χ2n) is 28.6. The summed E-state index contributed by atoms with van der Waals surface area (Å²) >= 11 is 0. The van der Waals surface area contributed by atoms with Gasteiger partial charge in [0.25, 0.3) is 0 Å². The minimum Gasteiger partial charge on any atom is -0.208 e. The summed E-state index contributed by atoms with van der Waals surface area (Å²) in [5.74, 6) is 1.76. The van der Waals surface area contributed by atoms with Crippen LogP contribution in [-0.2, 0) is 5.41 Å². The highest BCUT2D eigenvalue weighted by atomic mass is 15.0. The van der Waals surface area contributed by atoms with Crippen LogP contribution in [0.1, 0.15) is 22.3 Å². The molecule has 0 unspecified atom stereocenters. The van der Waals surface area contributed by atoms with E-state index in [2.05, 4.69) is 419 Å². The van der Waals surface area contributed by atoms with Crippen molar-refractivity contribution in [3.8, 4) is 179 Å². The van der Waals surface area contributed by atoms with Gasteiger partial charge in [0.1, 0.15) is 0 Å². The molecule has 20 rings (SSSR count). The summed E-state index contributed by atoms with van der Waals surface area (Å²) in [6.07, 6.45) is 0. The first-order chi connectivity index (χ1) is 53.9. The number of hydrogen-bond donors (Lipinski definition) is 0. The largest absolute Gasteiger partial charge is 0.208 e. The van der Waals surface area contributed by atoms with Gasteiger partial charge in [0, 0.05) is 16.7 Å². The van der Waals surface area contributed by atoms with Crippen LogP contribution in [0, 0.1) is 0 Å². The fourth-order valence-electron chi connectivity index (χ4n) is 16.8. The molecule has 17 aromatic carbocycles. The monoisotopic (exact) mass is 1380 g/mol. The first kappa shape index (κ1) is 64.4. The van der Waals surface area contributed by atoms with Gasteiger partial charge < -0.3 is 0 Å². The van der Waals surface area contributed by atoms with Crippen LogP contribution in [0.25, 0.3) is 179 Å². The molecule has 0 aliphatic heterocycles. The average molecular weight is 1380 g/mol. The third-order valence-corrected chi connectivity index (χ3v) is 22.1. The molecule has 1 heterocycles. The van der Waals surface area contributed by atoms with Crippen molar-refractivity contribution in [2.24, 2.45) is 0 Å². The van der Waals surface area contributed by atoms with E-state index in [1.54, 1.807) is 0 Å². The van der Waals surface area contributed by atoms with Gasteiger partial charge in [-0.1, -0.05) is 352 Å². The molecule has 2 aliphatic carbocycles. The van der Waals surface area contributed by atoms with Crippen molar-refractivity contribution in [2.45, 2.75) is 5.41 Å². The molecule has 0 saturated heterocycles.